The summed E-state index contributed by atoms with van der Waals surface area (Å²) >= 11 is 9.56. The van der Waals surface area contributed by atoms with Gasteiger partial charge in [-0.3, -0.25) is 14.5 Å². The summed E-state index contributed by atoms with van der Waals surface area (Å²) in [6, 6.07) is 4.27. The van der Waals surface area contributed by atoms with E-state index in [0.717, 1.165) is 21.9 Å². The minimum atomic E-state index is -1.47. The molecule has 178 valence electrons. The SMILES string of the molecule is Nc1nc(/C(=N/O)C(=O)N[C@@H]2C(=O)N3C(C(=O)[O-])=C(SCCc4cccc(Cl)n4)CS[C@H]23)cs1.[Na+]. The number of amides is 2. The standard InChI is InChI=1S/C19H17ClN6O5S3.Na/c20-11-3-1-2-8(22-11)4-5-32-10-7-33-17-13(16(28)26(17)14(10)18(29)30)24-15(27)12(25-31)9-6-34-19(21)23-9;/h1-3,6,13,17,31H,4-5,7H2,(H2,21,23)(H,24,27)(H,29,30);/q;+1/p-1/b25-12-;/t13-,17-;/m1./s1. The zero-order valence-corrected chi connectivity index (χ0v) is 23.3. The third-order valence-corrected chi connectivity index (χ3v) is 8.34. The number of pyridine rings is 1. The van der Waals surface area contributed by atoms with E-state index in [4.69, 9.17) is 17.3 Å². The van der Waals surface area contributed by atoms with Gasteiger partial charge in [-0.25, -0.2) is 9.97 Å². The quantitative estimate of drug-likeness (QED) is 0.0766. The third-order valence-electron chi connectivity index (χ3n) is 4.90. The van der Waals surface area contributed by atoms with Crippen molar-refractivity contribution in [2.75, 3.05) is 17.2 Å². The van der Waals surface area contributed by atoms with Gasteiger partial charge in [0.25, 0.3) is 11.8 Å². The number of aryl methyl sites for hydroxylation is 1. The number of fused-ring (bicyclic) bond motifs is 1. The molecule has 0 saturated carbocycles. The number of thioether (sulfide) groups is 2. The first-order valence-electron chi connectivity index (χ1n) is 9.68. The van der Waals surface area contributed by atoms with Crippen molar-refractivity contribution in [1.29, 1.82) is 0 Å². The number of nitrogens with one attached hydrogen (secondary N) is 1. The summed E-state index contributed by atoms with van der Waals surface area (Å²) in [5.41, 5.74) is 5.77. The number of carboxylic acids is 1. The van der Waals surface area contributed by atoms with Crippen molar-refractivity contribution in [3.8, 4) is 0 Å². The molecule has 11 nitrogen and oxygen atoms in total. The van der Waals surface area contributed by atoms with Crippen LogP contribution in [0.1, 0.15) is 11.4 Å². The van der Waals surface area contributed by atoms with Crippen molar-refractivity contribution >= 4 is 75.1 Å². The normalized spacial score (nSPS) is 19.5. The molecule has 1 saturated heterocycles. The van der Waals surface area contributed by atoms with Gasteiger partial charge in [0.1, 0.15) is 22.3 Å². The van der Waals surface area contributed by atoms with Crippen LogP contribution < -0.4 is 45.7 Å². The molecule has 2 aromatic rings. The van der Waals surface area contributed by atoms with Gasteiger partial charge in [-0.15, -0.1) is 34.9 Å². The molecular weight excluding hydrogens is 547 g/mol. The molecule has 1 fully saturated rings. The number of hydrogen-bond acceptors (Lipinski definition) is 12. The number of nitrogens with zero attached hydrogens (tertiary/aromatic N) is 4. The van der Waals surface area contributed by atoms with Crippen molar-refractivity contribution in [2.24, 2.45) is 5.16 Å². The Morgan fingerprint density at radius 2 is 2.17 bits per heavy atom. The van der Waals surface area contributed by atoms with Crippen LogP contribution in [-0.2, 0) is 20.8 Å². The molecule has 0 unspecified atom stereocenters. The topological polar surface area (TPSA) is 174 Å². The first kappa shape index (κ1) is 27.8. The van der Waals surface area contributed by atoms with E-state index in [1.165, 1.54) is 28.9 Å². The van der Waals surface area contributed by atoms with Crippen molar-refractivity contribution < 1.29 is 54.3 Å². The predicted octanol–water partition coefficient (Wildman–Crippen LogP) is -2.71. The minimum absolute atomic E-state index is 0. The minimum Gasteiger partial charge on any atom is -0.543 e. The van der Waals surface area contributed by atoms with Crippen LogP contribution in [0, 0.1) is 0 Å². The summed E-state index contributed by atoms with van der Waals surface area (Å²) in [6.45, 7) is 0. The van der Waals surface area contributed by atoms with E-state index in [9.17, 15) is 24.7 Å². The number of hydrogen-bond donors (Lipinski definition) is 3. The number of carbonyl (C=O) groups excluding carboxylic acids is 3. The average molecular weight is 563 g/mol. The number of carboxylic acid groups (broad SMARTS) is 1. The van der Waals surface area contributed by atoms with Gasteiger partial charge in [0.15, 0.2) is 10.8 Å². The number of carbonyl (C=O) groups is 3. The molecule has 4 heterocycles. The summed E-state index contributed by atoms with van der Waals surface area (Å²) in [5.74, 6) is -2.06. The van der Waals surface area contributed by atoms with Crippen molar-refractivity contribution in [2.45, 2.75) is 17.8 Å². The molecule has 16 heteroatoms. The number of nitrogens with two attached hydrogens (primary N) is 1. The predicted molar refractivity (Wildman–Crippen MR) is 127 cm³/mol. The number of rotatable bonds is 8. The maximum Gasteiger partial charge on any atom is 1.00 e. The molecule has 0 radical (unpaired) electrons. The van der Waals surface area contributed by atoms with Gasteiger partial charge in [0.05, 0.1) is 11.7 Å². The Balaban J connectivity index is 0.00000342. The van der Waals surface area contributed by atoms with Gasteiger partial charge in [-0.2, -0.15) is 0 Å². The fourth-order valence-corrected chi connectivity index (χ4v) is 6.72. The van der Waals surface area contributed by atoms with Gasteiger partial charge in [0, 0.05) is 27.5 Å². The second kappa shape index (κ2) is 12.0. The van der Waals surface area contributed by atoms with E-state index in [-0.39, 0.29) is 46.1 Å². The largest absolute Gasteiger partial charge is 1.00 e. The Morgan fingerprint density at radius 3 is 2.80 bits per heavy atom. The maximum atomic E-state index is 12.8. The number of anilines is 1. The van der Waals surface area contributed by atoms with Crippen LogP contribution in [-0.4, -0.2) is 66.5 Å². The van der Waals surface area contributed by atoms with E-state index in [0.29, 0.717) is 28.0 Å². The molecule has 0 spiro atoms. The molecule has 2 aromatic heterocycles. The maximum absolute atomic E-state index is 12.8. The first-order chi connectivity index (χ1) is 16.3. The second-order valence-electron chi connectivity index (χ2n) is 6.99. The van der Waals surface area contributed by atoms with Gasteiger partial charge < -0.3 is 26.2 Å². The van der Waals surface area contributed by atoms with E-state index in [1.54, 1.807) is 12.1 Å². The number of aliphatic carboxylic acids is 1. The fraction of sp³-hybridized carbons (Fsp3) is 0.263. The smallest absolute Gasteiger partial charge is 0.543 e. The number of aromatic nitrogens is 2. The van der Waals surface area contributed by atoms with Crippen molar-refractivity contribution in [3.05, 3.63) is 50.7 Å². The zero-order valence-electron chi connectivity index (χ0n) is 18.1. The van der Waals surface area contributed by atoms with Gasteiger partial charge >= 0.3 is 29.6 Å². The van der Waals surface area contributed by atoms with E-state index < -0.39 is 34.9 Å². The Labute approximate surface area is 238 Å². The van der Waals surface area contributed by atoms with Crippen LogP contribution in [0.3, 0.4) is 0 Å². The Kier molecular flexibility index (Phi) is 9.48. The Hall–Kier alpha value is -1.81. The first-order valence-corrected chi connectivity index (χ1v) is 13.0. The molecule has 4 rings (SSSR count). The van der Waals surface area contributed by atoms with Gasteiger partial charge in [-0.05, 0) is 18.6 Å². The summed E-state index contributed by atoms with van der Waals surface area (Å²) in [5, 5.41) is 27.9. The summed E-state index contributed by atoms with van der Waals surface area (Å²) in [7, 11) is 0. The van der Waals surface area contributed by atoms with Crippen LogP contribution in [0.15, 0.2) is 39.3 Å². The summed E-state index contributed by atoms with van der Waals surface area (Å²) in [4.78, 5) is 46.9. The van der Waals surface area contributed by atoms with Crippen molar-refractivity contribution in [3.63, 3.8) is 0 Å². The molecule has 35 heavy (non-hydrogen) atoms. The van der Waals surface area contributed by atoms with E-state index >= 15 is 0 Å². The average Bonchev–Trinajstić information content (AvgIpc) is 3.23. The van der Waals surface area contributed by atoms with Crippen LogP contribution in [0.5, 0.6) is 0 Å². The Morgan fingerprint density at radius 1 is 1.40 bits per heavy atom. The molecule has 0 bridgehead atoms. The Bertz CT molecular complexity index is 1230. The molecule has 2 amide bonds. The molecule has 4 N–H and O–H groups in total. The number of β-lactam (4-membered cyclic amide) rings is 1. The molecule has 2 aliphatic rings. The van der Waals surface area contributed by atoms with Crippen molar-refractivity contribution in [1.82, 2.24) is 20.2 Å². The summed E-state index contributed by atoms with van der Waals surface area (Å²) in [6.07, 6.45) is 0.556. The van der Waals surface area contributed by atoms with Crippen LogP contribution >= 0.6 is 46.5 Å². The molecular formula is C19H16ClN6NaO5S3. The third kappa shape index (κ3) is 5.96. The number of thiazole rings is 1. The number of nitrogen functional groups attached to an aromatic ring is 1. The summed E-state index contributed by atoms with van der Waals surface area (Å²) < 4.78 is 0. The number of oxime groups is 1. The number of halogens is 1. The van der Waals surface area contributed by atoms with Crippen LogP contribution in [0.25, 0.3) is 0 Å². The van der Waals surface area contributed by atoms with Crippen LogP contribution in [0.4, 0.5) is 5.13 Å². The molecule has 2 aliphatic heterocycles. The fourth-order valence-electron chi connectivity index (χ4n) is 3.38. The van der Waals surface area contributed by atoms with Crippen LogP contribution in [0.2, 0.25) is 5.15 Å². The second-order valence-corrected chi connectivity index (χ2v) is 10.6. The molecule has 2 atom stereocenters. The zero-order chi connectivity index (χ0) is 24.4. The van der Waals surface area contributed by atoms with E-state index in [1.807, 2.05) is 6.07 Å². The van der Waals surface area contributed by atoms with E-state index in [2.05, 4.69) is 20.4 Å². The van der Waals surface area contributed by atoms with Gasteiger partial charge in [-0.1, -0.05) is 22.8 Å². The monoisotopic (exact) mass is 562 g/mol. The molecule has 0 aromatic carbocycles. The van der Waals surface area contributed by atoms with Gasteiger partial charge in [0.2, 0.25) is 0 Å². The molecule has 0 aliphatic carbocycles.